The van der Waals surface area contributed by atoms with Crippen LogP contribution in [0.5, 0.6) is 0 Å². The van der Waals surface area contributed by atoms with Gasteiger partial charge in [-0.1, -0.05) is 36.8 Å². The third kappa shape index (κ3) is 2.24. The molecule has 0 spiro atoms. The van der Waals surface area contributed by atoms with Crippen molar-refractivity contribution in [3.63, 3.8) is 0 Å². The second-order valence-electron chi connectivity index (χ2n) is 4.96. The molecule has 1 saturated carbocycles. The molecule has 1 heterocycles. The molecule has 1 aromatic heterocycles. The van der Waals surface area contributed by atoms with Crippen LogP contribution >= 0.6 is 0 Å². The number of carbonyl (C=O) groups is 1. The largest absolute Gasteiger partial charge is 0.476 e. The van der Waals surface area contributed by atoms with Crippen molar-refractivity contribution in [3.8, 4) is 11.1 Å². The molecule has 0 amide bonds. The van der Waals surface area contributed by atoms with Crippen LogP contribution in [0.15, 0.2) is 42.6 Å². The Hall–Kier alpha value is -2.16. The third-order valence-corrected chi connectivity index (χ3v) is 3.78. The van der Waals surface area contributed by atoms with Gasteiger partial charge in [0.1, 0.15) is 0 Å². The molecule has 0 unspecified atom stereocenters. The summed E-state index contributed by atoms with van der Waals surface area (Å²) in [6.45, 7) is 0. The topological polar surface area (TPSA) is 50.2 Å². The first-order valence-corrected chi connectivity index (χ1v) is 6.54. The summed E-state index contributed by atoms with van der Waals surface area (Å²) in [4.78, 5) is 15.2. The number of aromatic carboxylic acids is 1. The smallest absolute Gasteiger partial charge is 0.355 e. The van der Waals surface area contributed by atoms with Crippen LogP contribution in [0, 0.1) is 0 Å². The van der Waals surface area contributed by atoms with Crippen LogP contribution in [0.1, 0.15) is 41.2 Å². The predicted octanol–water partition coefficient (Wildman–Crippen LogP) is 3.71. The molecule has 96 valence electrons. The standard InChI is InChI=1S/C16H15NO2/c18-16(19)15-14(8-3-9-17-15)13-7-2-6-12(10-13)11-4-1-5-11/h2-3,6-11H,1,4-5H2,(H,18,19). The van der Waals surface area contributed by atoms with Crippen LogP contribution in [0.25, 0.3) is 11.1 Å². The van der Waals surface area contributed by atoms with Gasteiger partial charge in [0, 0.05) is 11.8 Å². The van der Waals surface area contributed by atoms with Crippen LogP contribution in [0.2, 0.25) is 0 Å². The zero-order valence-electron chi connectivity index (χ0n) is 10.5. The molecule has 1 aliphatic carbocycles. The Bertz CT molecular complexity index is 618. The van der Waals surface area contributed by atoms with Gasteiger partial charge in [-0.15, -0.1) is 0 Å². The van der Waals surface area contributed by atoms with Gasteiger partial charge in [0.15, 0.2) is 5.69 Å². The molecule has 0 aliphatic heterocycles. The van der Waals surface area contributed by atoms with E-state index < -0.39 is 5.97 Å². The highest BCUT2D eigenvalue weighted by Crippen LogP contribution is 2.37. The van der Waals surface area contributed by atoms with E-state index in [-0.39, 0.29) is 5.69 Å². The third-order valence-electron chi connectivity index (χ3n) is 3.78. The number of aromatic nitrogens is 1. The maximum absolute atomic E-state index is 11.2. The summed E-state index contributed by atoms with van der Waals surface area (Å²) >= 11 is 0. The Morgan fingerprint density at radius 2 is 2.05 bits per heavy atom. The molecule has 1 N–H and O–H groups in total. The molecule has 3 heteroatoms. The molecule has 3 nitrogen and oxygen atoms in total. The van der Waals surface area contributed by atoms with Crippen molar-refractivity contribution >= 4 is 5.97 Å². The molecular formula is C16H15NO2. The van der Waals surface area contributed by atoms with Gasteiger partial charge < -0.3 is 5.11 Å². The summed E-state index contributed by atoms with van der Waals surface area (Å²) < 4.78 is 0. The lowest BCUT2D eigenvalue weighted by molar-refractivity contribution is 0.0691. The number of carboxylic acid groups (broad SMARTS) is 1. The lowest BCUT2D eigenvalue weighted by Gasteiger charge is -2.26. The normalized spacial score (nSPS) is 14.9. The van der Waals surface area contributed by atoms with Gasteiger partial charge in [-0.25, -0.2) is 9.78 Å². The van der Waals surface area contributed by atoms with E-state index in [2.05, 4.69) is 17.1 Å². The van der Waals surface area contributed by atoms with E-state index in [9.17, 15) is 9.90 Å². The highest BCUT2D eigenvalue weighted by atomic mass is 16.4. The molecule has 19 heavy (non-hydrogen) atoms. The van der Waals surface area contributed by atoms with Gasteiger partial charge in [-0.05, 0) is 36.0 Å². The lowest BCUT2D eigenvalue weighted by Crippen LogP contribution is -2.08. The Kier molecular flexibility index (Phi) is 3.03. The number of rotatable bonds is 3. The maximum atomic E-state index is 11.2. The minimum Gasteiger partial charge on any atom is -0.476 e. The van der Waals surface area contributed by atoms with Crippen molar-refractivity contribution in [1.82, 2.24) is 4.98 Å². The van der Waals surface area contributed by atoms with Gasteiger partial charge >= 0.3 is 5.97 Å². The number of benzene rings is 1. The van der Waals surface area contributed by atoms with Gasteiger partial charge in [-0.3, -0.25) is 0 Å². The summed E-state index contributed by atoms with van der Waals surface area (Å²) in [6, 6.07) is 11.8. The van der Waals surface area contributed by atoms with Crippen LogP contribution in [-0.2, 0) is 0 Å². The molecule has 0 radical (unpaired) electrons. The number of carboxylic acids is 1. The van der Waals surface area contributed by atoms with E-state index in [4.69, 9.17) is 0 Å². The maximum Gasteiger partial charge on any atom is 0.355 e. The zero-order valence-corrected chi connectivity index (χ0v) is 10.5. The fourth-order valence-electron chi connectivity index (χ4n) is 2.51. The Balaban J connectivity index is 2.04. The van der Waals surface area contributed by atoms with Crippen molar-refractivity contribution in [3.05, 3.63) is 53.9 Å². The van der Waals surface area contributed by atoms with Crippen molar-refractivity contribution < 1.29 is 9.90 Å². The average molecular weight is 253 g/mol. The number of pyridine rings is 1. The first-order chi connectivity index (χ1) is 9.25. The van der Waals surface area contributed by atoms with Gasteiger partial charge in [0.25, 0.3) is 0 Å². The van der Waals surface area contributed by atoms with Crippen LogP contribution < -0.4 is 0 Å². The molecule has 1 fully saturated rings. The van der Waals surface area contributed by atoms with E-state index in [1.165, 1.54) is 31.0 Å². The summed E-state index contributed by atoms with van der Waals surface area (Å²) in [5, 5.41) is 9.20. The number of hydrogen-bond acceptors (Lipinski definition) is 2. The van der Waals surface area contributed by atoms with Gasteiger partial charge in [0.05, 0.1) is 0 Å². The van der Waals surface area contributed by atoms with E-state index in [1.807, 2.05) is 18.2 Å². The summed E-state index contributed by atoms with van der Waals surface area (Å²) in [6.07, 6.45) is 5.29. The lowest BCUT2D eigenvalue weighted by atomic mass is 9.79. The van der Waals surface area contributed by atoms with Gasteiger partial charge in [0.2, 0.25) is 0 Å². The van der Waals surface area contributed by atoms with Crippen LogP contribution in [-0.4, -0.2) is 16.1 Å². The van der Waals surface area contributed by atoms with Crippen molar-refractivity contribution in [2.45, 2.75) is 25.2 Å². The minimum atomic E-state index is -0.982. The number of hydrogen-bond donors (Lipinski definition) is 1. The minimum absolute atomic E-state index is 0.119. The van der Waals surface area contributed by atoms with Crippen molar-refractivity contribution in [2.75, 3.05) is 0 Å². The van der Waals surface area contributed by atoms with E-state index in [1.54, 1.807) is 6.07 Å². The SMILES string of the molecule is O=C(O)c1ncccc1-c1cccc(C2CCC2)c1. The molecule has 0 bridgehead atoms. The van der Waals surface area contributed by atoms with Gasteiger partial charge in [-0.2, -0.15) is 0 Å². The predicted molar refractivity (Wildman–Crippen MR) is 73.2 cm³/mol. The van der Waals surface area contributed by atoms with E-state index in [0.29, 0.717) is 11.5 Å². The zero-order chi connectivity index (χ0) is 13.2. The monoisotopic (exact) mass is 253 g/mol. The average Bonchev–Trinajstić information content (AvgIpc) is 2.37. The van der Waals surface area contributed by atoms with E-state index in [0.717, 1.165) is 5.56 Å². The molecule has 0 atom stereocenters. The quantitative estimate of drug-likeness (QED) is 0.907. The summed E-state index contributed by atoms with van der Waals surface area (Å²) in [7, 11) is 0. The molecule has 3 rings (SSSR count). The Morgan fingerprint density at radius 3 is 2.74 bits per heavy atom. The molecule has 1 aromatic carbocycles. The fourth-order valence-corrected chi connectivity index (χ4v) is 2.51. The molecule has 0 saturated heterocycles. The second-order valence-corrected chi connectivity index (χ2v) is 4.96. The van der Waals surface area contributed by atoms with Crippen LogP contribution in [0.4, 0.5) is 0 Å². The van der Waals surface area contributed by atoms with E-state index >= 15 is 0 Å². The summed E-state index contributed by atoms with van der Waals surface area (Å²) in [5.41, 5.74) is 3.06. The molecule has 2 aromatic rings. The fraction of sp³-hybridized carbons (Fsp3) is 0.250. The molecular weight excluding hydrogens is 238 g/mol. The first-order valence-electron chi connectivity index (χ1n) is 6.54. The first kappa shape index (κ1) is 11.9. The van der Waals surface area contributed by atoms with Crippen molar-refractivity contribution in [2.24, 2.45) is 0 Å². The summed E-state index contributed by atoms with van der Waals surface area (Å²) in [5.74, 6) is -0.338. The van der Waals surface area contributed by atoms with Crippen LogP contribution in [0.3, 0.4) is 0 Å². The highest BCUT2D eigenvalue weighted by molar-refractivity contribution is 5.93. The Labute approximate surface area is 111 Å². The second kappa shape index (κ2) is 4.84. The number of nitrogens with zero attached hydrogens (tertiary/aromatic N) is 1. The Morgan fingerprint density at radius 1 is 1.21 bits per heavy atom. The highest BCUT2D eigenvalue weighted by Gasteiger charge is 2.20. The molecule has 1 aliphatic rings. The van der Waals surface area contributed by atoms with Crippen molar-refractivity contribution in [1.29, 1.82) is 0 Å².